The fourth-order valence-electron chi connectivity index (χ4n) is 3.29. The molecule has 1 amide bonds. The van der Waals surface area contributed by atoms with Crippen LogP contribution in [0.5, 0.6) is 0 Å². The molecule has 3 aromatic rings. The SMILES string of the molecule is Cc1nc2cc(Cl)ccc2cc1C(=O)N1CCc2ccc([N+](=O)[O-])cc21. The van der Waals surface area contributed by atoms with Crippen molar-refractivity contribution in [3.05, 3.63) is 74.4 Å². The van der Waals surface area contributed by atoms with Crippen LogP contribution in [0.4, 0.5) is 11.4 Å². The maximum atomic E-state index is 13.1. The third-order valence-electron chi connectivity index (χ3n) is 4.62. The second kappa shape index (κ2) is 6.07. The molecule has 0 atom stereocenters. The van der Waals surface area contributed by atoms with Crippen molar-refractivity contribution in [3.63, 3.8) is 0 Å². The number of aryl methyl sites for hydroxylation is 1. The molecular weight excluding hydrogens is 354 g/mol. The first-order valence-electron chi connectivity index (χ1n) is 8.10. The van der Waals surface area contributed by atoms with Crippen LogP contribution in [0, 0.1) is 17.0 Å². The second-order valence-corrected chi connectivity index (χ2v) is 6.67. The summed E-state index contributed by atoms with van der Waals surface area (Å²) in [6.07, 6.45) is 0.675. The molecule has 0 saturated carbocycles. The van der Waals surface area contributed by atoms with Crippen LogP contribution in [0.15, 0.2) is 42.5 Å². The Balaban J connectivity index is 1.77. The van der Waals surface area contributed by atoms with Crippen LogP contribution >= 0.6 is 11.6 Å². The Morgan fingerprint density at radius 3 is 2.81 bits per heavy atom. The Morgan fingerprint density at radius 2 is 2.04 bits per heavy atom. The number of nitrogens with zero attached hydrogens (tertiary/aromatic N) is 3. The van der Waals surface area contributed by atoms with Crippen molar-refractivity contribution in [2.24, 2.45) is 0 Å². The molecular formula is C19H14ClN3O3. The van der Waals surface area contributed by atoms with Crippen molar-refractivity contribution < 1.29 is 9.72 Å². The van der Waals surface area contributed by atoms with E-state index in [4.69, 9.17) is 11.6 Å². The molecule has 0 fully saturated rings. The molecule has 7 heteroatoms. The first-order chi connectivity index (χ1) is 12.4. The number of hydrogen-bond acceptors (Lipinski definition) is 4. The van der Waals surface area contributed by atoms with Crippen molar-refractivity contribution in [3.8, 4) is 0 Å². The topological polar surface area (TPSA) is 76.3 Å². The minimum Gasteiger partial charge on any atom is -0.307 e. The highest BCUT2D eigenvalue weighted by Crippen LogP contribution is 2.33. The molecule has 0 bridgehead atoms. The molecule has 0 saturated heterocycles. The van der Waals surface area contributed by atoms with E-state index in [1.807, 2.05) is 6.07 Å². The van der Waals surface area contributed by atoms with E-state index in [0.717, 1.165) is 16.5 Å². The first-order valence-corrected chi connectivity index (χ1v) is 8.48. The summed E-state index contributed by atoms with van der Waals surface area (Å²) in [7, 11) is 0. The summed E-state index contributed by atoms with van der Waals surface area (Å²) in [5.74, 6) is -0.203. The number of nitro groups is 1. The largest absolute Gasteiger partial charge is 0.307 e. The molecule has 0 unspecified atom stereocenters. The maximum Gasteiger partial charge on any atom is 0.271 e. The molecule has 0 N–H and O–H groups in total. The van der Waals surface area contributed by atoms with Gasteiger partial charge in [0.25, 0.3) is 11.6 Å². The predicted octanol–water partition coefficient (Wildman–Crippen LogP) is 4.31. The second-order valence-electron chi connectivity index (χ2n) is 6.24. The smallest absolute Gasteiger partial charge is 0.271 e. The zero-order valence-electron chi connectivity index (χ0n) is 13.9. The van der Waals surface area contributed by atoms with Gasteiger partial charge >= 0.3 is 0 Å². The number of non-ortho nitro benzene ring substituents is 1. The Labute approximate surface area is 154 Å². The van der Waals surface area contributed by atoms with E-state index in [0.29, 0.717) is 34.9 Å². The van der Waals surface area contributed by atoms with Crippen LogP contribution in [0.1, 0.15) is 21.6 Å². The van der Waals surface area contributed by atoms with E-state index < -0.39 is 4.92 Å². The molecule has 0 spiro atoms. The van der Waals surface area contributed by atoms with Crippen molar-refractivity contribution in [2.75, 3.05) is 11.4 Å². The molecule has 0 radical (unpaired) electrons. The Bertz CT molecular complexity index is 1080. The molecule has 130 valence electrons. The van der Waals surface area contributed by atoms with Gasteiger partial charge in [-0.15, -0.1) is 0 Å². The number of hydrogen-bond donors (Lipinski definition) is 0. The highest BCUT2D eigenvalue weighted by molar-refractivity contribution is 6.31. The van der Waals surface area contributed by atoms with Gasteiger partial charge in [-0.25, -0.2) is 0 Å². The molecule has 4 rings (SSSR count). The van der Waals surface area contributed by atoms with Gasteiger partial charge in [0.2, 0.25) is 0 Å². The van der Waals surface area contributed by atoms with Crippen molar-refractivity contribution in [2.45, 2.75) is 13.3 Å². The van der Waals surface area contributed by atoms with Crippen LogP contribution in [0.25, 0.3) is 10.9 Å². The average molecular weight is 368 g/mol. The number of rotatable bonds is 2. The maximum absolute atomic E-state index is 13.1. The zero-order valence-corrected chi connectivity index (χ0v) is 14.7. The van der Waals surface area contributed by atoms with Crippen molar-refractivity contribution in [1.29, 1.82) is 0 Å². The summed E-state index contributed by atoms with van der Waals surface area (Å²) in [6, 6.07) is 11.8. The lowest BCUT2D eigenvalue weighted by Crippen LogP contribution is -2.29. The minimum absolute atomic E-state index is 0.0218. The van der Waals surface area contributed by atoms with E-state index in [-0.39, 0.29) is 11.6 Å². The number of amides is 1. The number of nitro benzene ring substituents is 1. The van der Waals surface area contributed by atoms with Gasteiger partial charge in [0.1, 0.15) is 0 Å². The molecule has 6 nitrogen and oxygen atoms in total. The number of aromatic nitrogens is 1. The fourth-order valence-corrected chi connectivity index (χ4v) is 3.46. The minimum atomic E-state index is -0.451. The zero-order chi connectivity index (χ0) is 18.4. The summed E-state index contributed by atoms with van der Waals surface area (Å²) in [5, 5.41) is 12.5. The fraction of sp³-hybridized carbons (Fsp3) is 0.158. The van der Waals surface area contributed by atoms with Gasteiger partial charge in [0.15, 0.2) is 0 Å². The quantitative estimate of drug-likeness (QED) is 0.499. The Morgan fingerprint density at radius 1 is 1.23 bits per heavy atom. The van der Waals surface area contributed by atoms with Gasteiger partial charge in [0.05, 0.1) is 27.4 Å². The third kappa shape index (κ3) is 2.68. The average Bonchev–Trinajstić information content (AvgIpc) is 3.03. The van der Waals surface area contributed by atoms with Gasteiger partial charge < -0.3 is 4.90 Å². The van der Waals surface area contributed by atoms with Gasteiger partial charge in [-0.2, -0.15) is 0 Å². The van der Waals surface area contributed by atoms with Gasteiger partial charge in [-0.05, 0) is 37.1 Å². The molecule has 1 aliphatic rings. The van der Waals surface area contributed by atoms with Crippen LogP contribution < -0.4 is 4.90 Å². The number of benzene rings is 2. The Kier molecular flexibility index (Phi) is 3.85. The van der Waals surface area contributed by atoms with Gasteiger partial charge in [0, 0.05) is 29.1 Å². The number of carbonyl (C=O) groups excluding carboxylic acids is 1. The molecule has 2 heterocycles. The van der Waals surface area contributed by atoms with E-state index in [1.165, 1.54) is 12.1 Å². The normalized spacial score (nSPS) is 13.1. The lowest BCUT2D eigenvalue weighted by Gasteiger charge is -2.18. The van der Waals surface area contributed by atoms with E-state index >= 15 is 0 Å². The lowest BCUT2D eigenvalue weighted by molar-refractivity contribution is -0.384. The Hall–Kier alpha value is -2.99. The number of fused-ring (bicyclic) bond motifs is 2. The molecule has 1 aliphatic heterocycles. The van der Waals surface area contributed by atoms with Crippen LogP contribution in [-0.2, 0) is 6.42 Å². The third-order valence-corrected chi connectivity index (χ3v) is 4.86. The number of halogens is 1. The van der Waals surface area contributed by atoms with E-state index in [9.17, 15) is 14.9 Å². The highest BCUT2D eigenvalue weighted by Gasteiger charge is 2.28. The van der Waals surface area contributed by atoms with Crippen LogP contribution in [-0.4, -0.2) is 22.4 Å². The number of pyridine rings is 1. The van der Waals surface area contributed by atoms with Crippen LogP contribution in [0.3, 0.4) is 0 Å². The first kappa shape index (κ1) is 16.5. The number of anilines is 1. The van der Waals surface area contributed by atoms with Gasteiger partial charge in [-0.1, -0.05) is 23.7 Å². The van der Waals surface area contributed by atoms with Crippen LogP contribution in [0.2, 0.25) is 5.02 Å². The standard InChI is InChI=1S/C19H14ClN3O3/c1-11-16(8-13-2-4-14(20)9-17(13)21-11)19(24)22-7-6-12-3-5-15(23(25)26)10-18(12)22/h2-5,8-10H,6-7H2,1H3. The summed E-state index contributed by atoms with van der Waals surface area (Å²) < 4.78 is 0. The highest BCUT2D eigenvalue weighted by atomic mass is 35.5. The number of carbonyl (C=O) groups is 1. The van der Waals surface area contributed by atoms with E-state index in [1.54, 1.807) is 36.1 Å². The lowest BCUT2D eigenvalue weighted by atomic mass is 10.1. The molecule has 26 heavy (non-hydrogen) atoms. The van der Waals surface area contributed by atoms with Gasteiger partial charge in [-0.3, -0.25) is 19.9 Å². The van der Waals surface area contributed by atoms with Crippen molar-refractivity contribution in [1.82, 2.24) is 4.98 Å². The summed E-state index contributed by atoms with van der Waals surface area (Å²) in [4.78, 5) is 29.8. The summed E-state index contributed by atoms with van der Waals surface area (Å²) >= 11 is 6.00. The predicted molar refractivity (Wildman–Crippen MR) is 100.0 cm³/mol. The molecule has 2 aromatic carbocycles. The van der Waals surface area contributed by atoms with Crippen molar-refractivity contribution >= 4 is 39.8 Å². The summed E-state index contributed by atoms with van der Waals surface area (Å²) in [6.45, 7) is 2.27. The molecule has 0 aliphatic carbocycles. The molecule has 1 aromatic heterocycles. The summed E-state index contributed by atoms with van der Waals surface area (Å²) in [5.41, 5.74) is 3.32. The van der Waals surface area contributed by atoms with E-state index in [2.05, 4.69) is 4.98 Å². The monoisotopic (exact) mass is 367 g/mol.